The zero-order chi connectivity index (χ0) is 14.8. The summed E-state index contributed by atoms with van der Waals surface area (Å²) in [6.45, 7) is 3.47. The van der Waals surface area contributed by atoms with E-state index in [1.165, 1.54) is 0 Å². The lowest BCUT2D eigenvalue weighted by molar-refractivity contribution is -0.116. The molecule has 1 aromatic rings. The van der Waals surface area contributed by atoms with Crippen LogP contribution in [0.15, 0.2) is 24.3 Å². The third kappa shape index (κ3) is 5.84. The lowest BCUT2D eigenvalue weighted by atomic mass is 10.2. The van der Waals surface area contributed by atoms with Gasteiger partial charge in [0.2, 0.25) is 5.91 Å². The number of nitrogens with one attached hydrogen (secondary N) is 3. The molecule has 0 radical (unpaired) electrons. The highest BCUT2D eigenvalue weighted by Crippen LogP contribution is 2.11. The van der Waals surface area contributed by atoms with Crippen LogP contribution < -0.4 is 16.0 Å². The van der Waals surface area contributed by atoms with Crippen molar-refractivity contribution in [2.24, 2.45) is 0 Å². The summed E-state index contributed by atoms with van der Waals surface area (Å²) in [7, 11) is 1.86. The fourth-order valence-corrected chi connectivity index (χ4v) is 1.73. The maximum Gasteiger partial charge on any atom is 0.251 e. The van der Waals surface area contributed by atoms with Gasteiger partial charge in [-0.25, -0.2) is 0 Å². The van der Waals surface area contributed by atoms with Gasteiger partial charge in [-0.15, -0.1) is 0 Å². The van der Waals surface area contributed by atoms with Gasteiger partial charge in [0.1, 0.15) is 0 Å². The maximum atomic E-state index is 11.8. The molecule has 0 bridgehead atoms. The first-order chi connectivity index (χ1) is 9.67. The molecular formula is C15H23N3O2. The predicted octanol–water partition coefficient (Wildman–Crippen LogP) is 1.76. The Kier molecular flexibility index (Phi) is 7.35. The molecule has 1 rings (SSSR count). The number of hydrogen-bond acceptors (Lipinski definition) is 3. The number of rotatable bonds is 8. The second-order valence-electron chi connectivity index (χ2n) is 4.59. The molecule has 2 amide bonds. The monoisotopic (exact) mass is 277 g/mol. The Morgan fingerprint density at radius 2 is 2.00 bits per heavy atom. The van der Waals surface area contributed by atoms with E-state index >= 15 is 0 Å². The second-order valence-corrected chi connectivity index (χ2v) is 4.59. The molecular weight excluding hydrogens is 254 g/mol. The van der Waals surface area contributed by atoms with Gasteiger partial charge in [-0.3, -0.25) is 9.59 Å². The molecule has 0 saturated heterocycles. The molecule has 0 aliphatic carbocycles. The van der Waals surface area contributed by atoms with E-state index in [9.17, 15) is 9.59 Å². The van der Waals surface area contributed by atoms with Crippen LogP contribution in [0.3, 0.4) is 0 Å². The first kappa shape index (κ1) is 16.2. The van der Waals surface area contributed by atoms with Crippen molar-refractivity contribution in [3.8, 4) is 0 Å². The van der Waals surface area contributed by atoms with Crippen molar-refractivity contribution >= 4 is 17.5 Å². The molecule has 5 nitrogen and oxygen atoms in total. The highest BCUT2D eigenvalue weighted by atomic mass is 16.2. The summed E-state index contributed by atoms with van der Waals surface area (Å²) in [5, 5.41) is 8.61. The van der Waals surface area contributed by atoms with Gasteiger partial charge in [0.05, 0.1) is 0 Å². The van der Waals surface area contributed by atoms with Crippen molar-refractivity contribution in [1.82, 2.24) is 10.6 Å². The standard InChI is InChI=1S/C15H23N3O2/c1-3-9-17-15(20)12-6-4-7-13(11-12)18-14(19)8-5-10-16-2/h4,6-7,11,16H,3,5,8-10H2,1-2H3,(H,17,20)(H,18,19). The molecule has 0 aromatic heterocycles. The molecule has 0 saturated carbocycles. The van der Waals surface area contributed by atoms with Gasteiger partial charge in [0, 0.05) is 24.2 Å². The van der Waals surface area contributed by atoms with Crippen molar-refractivity contribution in [1.29, 1.82) is 0 Å². The summed E-state index contributed by atoms with van der Waals surface area (Å²) in [5.74, 6) is -0.149. The lowest BCUT2D eigenvalue weighted by Gasteiger charge is -2.08. The van der Waals surface area contributed by atoms with Crippen LogP contribution in [0.5, 0.6) is 0 Å². The molecule has 0 atom stereocenters. The van der Waals surface area contributed by atoms with Gasteiger partial charge < -0.3 is 16.0 Å². The van der Waals surface area contributed by atoms with E-state index < -0.39 is 0 Å². The minimum absolute atomic E-state index is 0.0358. The number of anilines is 1. The average molecular weight is 277 g/mol. The largest absolute Gasteiger partial charge is 0.352 e. The fourth-order valence-electron chi connectivity index (χ4n) is 1.73. The molecule has 20 heavy (non-hydrogen) atoms. The van der Waals surface area contributed by atoms with Crippen molar-refractivity contribution in [3.63, 3.8) is 0 Å². The topological polar surface area (TPSA) is 70.2 Å². The van der Waals surface area contributed by atoms with Gasteiger partial charge >= 0.3 is 0 Å². The zero-order valence-electron chi connectivity index (χ0n) is 12.2. The fraction of sp³-hybridized carbons (Fsp3) is 0.467. The number of carbonyl (C=O) groups excluding carboxylic acids is 2. The van der Waals surface area contributed by atoms with Crippen molar-refractivity contribution in [2.75, 3.05) is 25.5 Å². The Morgan fingerprint density at radius 3 is 2.70 bits per heavy atom. The first-order valence-electron chi connectivity index (χ1n) is 7.00. The molecule has 0 aliphatic heterocycles. The van der Waals surface area contributed by atoms with E-state index in [0.29, 0.717) is 24.2 Å². The van der Waals surface area contributed by atoms with Crippen LogP contribution in [0.4, 0.5) is 5.69 Å². The highest BCUT2D eigenvalue weighted by Gasteiger charge is 2.07. The van der Waals surface area contributed by atoms with Gasteiger partial charge in [-0.2, -0.15) is 0 Å². The Balaban J connectivity index is 2.54. The minimum Gasteiger partial charge on any atom is -0.352 e. The molecule has 110 valence electrons. The van der Waals surface area contributed by atoms with E-state index in [0.717, 1.165) is 19.4 Å². The van der Waals surface area contributed by atoms with Crippen molar-refractivity contribution in [3.05, 3.63) is 29.8 Å². The first-order valence-corrected chi connectivity index (χ1v) is 7.00. The van der Waals surface area contributed by atoms with E-state index in [-0.39, 0.29) is 11.8 Å². The zero-order valence-corrected chi connectivity index (χ0v) is 12.2. The second kappa shape index (κ2) is 9.09. The quantitative estimate of drug-likeness (QED) is 0.634. The van der Waals surface area contributed by atoms with Crippen molar-refractivity contribution < 1.29 is 9.59 Å². The number of hydrogen-bond donors (Lipinski definition) is 3. The Bertz CT molecular complexity index is 446. The third-order valence-corrected chi connectivity index (χ3v) is 2.77. The summed E-state index contributed by atoms with van der Waals surface area (Å²) in [4.78, 5) is 23.5. The number of carbonyl (C=O) groups is 2. The minimum atomic E-state index is -0.113. The summed E-state index contributed by atoms with van der Waals surface area (Å²) >= 11 is 0. The van der Waals surface area contributed by atoms with Crippen LogP contribution in [-0.2, 0) is 4.79 Å². The maximum absolute atomic E-state index is 11.8. The van der Waals surface area contributed by atoms with Crippen LogP contribution in [0, 0.1) is 0 Å². The van der Waals surface area contributed by atoms with E-state index in [2.05, 4.69) is 16.0 Å². The normalized spacial score (nSPS) is 10.1. The van der Waals surface area contributed by atoms with E-state index in [1.54, 1.807) is 24.3 Å². The molecule has 0 spiro atoms. The molecule has 1 aromatic carbocycles. The summed E-state index contributed by atoms with van der Waals surface area (Å²) in [6.07, 6.45) is 2.15. The Morgan fingerprint density at radius 1 is 1.20 bits per heavy atom. The molecule has 0 fully saturated rings. The molecule has 0 aliphatic rings. The smallest absolute Gasteiger partial charge is 0.251 e. The molecule has 0 unspecified atom stereocenters. The van der Waals surface area contributed by atoms with Crippen LogP contribution >= 0.6 is 0 Å². The van der Waals surface area contributed by atoms with E-state index in [4.69, 9.17) is 0 Å². The third-order valence-electron chi connectivity index (χ3n) is 2.77. The molecule has 3 N–H and O–H groups in total. The Labute approximate surface area is 120 Å². The summed E-state index contributed by atoms with van der Waals surface area (Å²) < 4.78 is 0. The average Bonchev–Trinajstić information content (AvgIpc) is 2.45. The van der Waals surface area contributed by atoms with Crippen LogP contribution in [-0.4, -0.2) is 32.0 Å². The highest BCUT2D eigenvalue weighted by molar-refractivity contribution is 5.97. The Hall–Kier alpha value is -1.88. The van der Waals surface area contributed by atoms with Gasteiger partial charge in [0.25, 0.3) is 5.91 Å². The summed E-state index contributed by atoms with van der Waals surface area (Å²) in [5.41, 5.74) is 1.22. The van der Waals surface area contributed by atoms with Gasteiger partial charge in [-0.05, 0) is 44.6 Å². The molecule has 5 heteroatoms. The number of benzene rings is 1. The number of amides is 2. The van der Waals surface area contributed by atoms with Gasteiger partial charge in [0.15, 0.2) is 0 Å². The predicted molar refractivity (Wildman–Crippen MR) is 80.9 cm³/mol. The van der Waals surface area contributed by atoms with Crippen LogP contribution in [0.1, 0.15) is 36.5 Å². The SMILES string of the molecule is CCCNC(=O)c1cccc(NC(=O)CCCNC)c1. The lowest BCUT2D eigenvalue weighted by Crippen LogP contribution is -2.24. The summed E-state index contributed by atoms with van der Waals surface area (Å²) in [6, 6.07) is 6.99. The molecule has 0 heterocycles. The van der Waals surface area contributed by atoms with Crippen LogP contribution in [0.2, 0.25) is 0 Å². The van der Waals surface area contributed by atoms with Gasteiger partial charge in [-0.1, -0.05) is 13.0 Å². The van der Waals surface area contributed by atoms with Crippen molar-refractivity contribution in [2.45, 2.75) is 26.2 Å². The van der Waals surface area contributed by atoms with E-state index in [1.807, 2.05) is 14.0 Å². The van der Waals surface area contributed by atoms with Crippen LogP contribution in [0.25, 0.3) is 0 Å².